The summed E-state index contributed by atoms with van der Waals surface area (Å²) < 4.78 is 1.13. The minimum Gasteiger partial charge on any atom is -0.478 e. The van der Waals surface area contributed by atoms with Crippen molar-refractivity contribution in [1.29, 1.82) is 0 Å². The number of hydrogen-bond acceptors (Lipinski definition) is 4. The second-order valence-corrected chi connectivity index (χ2v) is 3.04. The first-order valence-electron chi connectivity index (χ1n) is 4.29. The van der Waals surface area contributed by atoms with E-state index in [0.717, 1.165) is 10.9 Å². The van der Waals surface area contributed by atoms with Gasteiger partial charge in [-0.1, -0.05) is 0 Å². The average Bonchev–Trinajstić information content (AvgIpc) is 2.64. The molecule has 0 aromatic carbocycles. The predicted molar refractivity (Wildman–Crippen MR) is 51.6 cm³/mol. The molecule has 0 radical (unpaired) electrons. The SMILES string of the molecule is CC(C(=O)NC(N)=O)n1cc(C(=O)O)cn1. The number of carbonyl (C=O) groups excluding carboxylic acids is 2. The van der Waals surface area contributed by atoms with Crippen molar-refractivity contribution in [1.82, 2.24) is 15.1 Å². The van der Waals surface area contributed by atoms with Crippen molar-refractivity contribution in [3.05, 3.63) is 18.0 Å². The molecule has 1 aromatic rings. The third kappa shape index (κ3) is 2.56. The molecule has 0 saturated carbocycles. The zero-order valence-corrected chi connectivity index (χ0v) is 8.38. The quantitative estimate of drug-likeness (QED) is 0.630. The number of imide groups is 1. The van der Waals surface area contributed by atoms with Crippen molar-refractivity contribution in [3.63, 3.8) is 0 Å². The standard InChI is InChI=1S/C8H10N4O4/c1-4(6(13)11-8(9)16)12-3-5(2-10-12)7(14)15/h2-4H,1H3,(H,14,15)(H3,9,11,13,16). The molecule has 3 amide bonds. The minimum absolute atomic E-state index is 0.0428. The zero-order valence-electron chi connectivity index (χ0n) is 8.38. The lowest BCUT2D eigenvalue weighted by molar-refractivity contribution is -0.122. The molecule has 0 bridgehead atoms. The van der Waals surface area contributed by atoms with E-state index in [2.05, 4.69) is 5.10 Å². The van der Waals surface area contributed by atoms with Crippen LogP contribution in [0.2, 0.25) is 0 Å². The number of primary amides is 1. The summed E-state index contributed by atoms with van der Waals surface area (Å²) in [5.74, 6) is -1.80. The van der Waals surface area contributed by atoms with Gasteiger partial charge in [-0.3, -0.25) is 14.8 Å². The second-order valence-electron chi connectivity index (χ2n) is 3.04. The lowest BCUT2D eigenvalue weighted by atomic mass is 10.3. The van der Waals surface area contributed by atoms with Crippen LogP contribution in [0, 0.1) is 0 Å². The molecule has 1 aromatic heterocycles. The van der Waals surface area contributed by atoms with Gasteiger partial charge in [-0.2, -0.15) is 5.10 Å². The maximum absolute atomic E-state index is 11.3. The first-order valence-corrected chi connectivity index (χ1v) is 4.29. The number of amides is 3. The number of nitrogens with one attached hydrogen (secondary N) is 1. The smallest absolute Gasteiger partial charge is 0.338 e. The Morgan fingerprint density at radius 3 is 2.62 bits per heavy atom. The molecule has 4 N–H and O–H groups in total. The van der Waals surface area contributed by atoms with Crippen molar-refractivity contribution < 1.29 is 19.5 Å². The topological polar surface area (TPSA) is 127 Å². The number of rotatable bonds is 3. The van der Waals surface area contributed by atoms with Crippen LogP contribution in [-0.2, 0) is 4.79 Å². The third-order valence-corrected chi connectivity index (χ3v) is 1.87. The Morgan fingerprint density at radius 1 is 1.56 bits per heavy atom. The monoisotopic (exact) mass is 226 g/mol. The second kappa shape index (κ2) is 4.43. The number of urea groups is 1. The van der Waals surface area contributed by atoms with Crippen molar-refractivity contribution in [2.45, 2.75) is 13.0 Å². The summed E-state index contributed by atoms with van der Waals surface area (Å²) in [6.45, 7) is 1.46. The zero-order chi connectivity index (χ0) is 12.3. The molecule has 1 rings (SSSR count). The fraction of sp³-hybridized carbons (Fsp3) is 0.250. The van der Waals surface area contributed by atoms with Crippen LogP contribution in [0.5, 0.6) is 0 Å². The fourth-order valence-electron chi connectivity index (χ4n) is 1.01. The van der Waals surface area contributed by atoms with Crippen LogP contribution in [0.25, 0.3) is 0 Å². The fourth-order valence-corrected chi connectivity index (χ4v) is 1.01. The van der Waals surface area contributed by atoms with Crippen molar-refractivity contribution >= 4 is 17.9 Å². The Bertz CT molecular complexity index is 439. The van der Waals surface area contributed by atoms with E-state index in [9.17, 15) is 14.4 Å². The molecule has 0 fully saturated rings. The van der Waals surface area contributed by atoms with Gasteiger partial charge in [0.15, 0.2) is 0 Å². The molecule has 86 valence electrons. The normalized spacial score (nSPS) is 11.8. The van der Waals surface area contributed by atoms with E-state index in [1.54, 1.807) is 0 Å². The Hall–Kier alpha value is -2.38. The Morgan fingerprint density at radius 2 is 2.19 bits per heavy atom. The number of nitrogens with zero attached hydrogens (tertiary/aromatic N) is 2. The van der Waals surface area contributed by atoms with Gasteiger partial charge in [0.2, 0.25) is 0 Å². The van der Waals surface area contributed by atoms with Gasteiger partial charge in [-0.15, -0.1) is 0 Å². The molecule has 8 nitrogen and oxygen atoms in total. The van der Waals surface area contributed by atoms with Crippen LogP contribution in [0.15, 0.2) is 12.4 Å². The van der Waals surface area contributed by atoms with Gasteiger partial charge < -0.3 is 10.8 Å². The highest BCUT2D eigenvalue weighted by Gasteiger charge is 2.18. The number of carboxylic acid groups (broad SMARTS) is 1. The molecule has 8 heteroatoms. The average molecular weight is 226 g/mol. The highest BCUT2D eigenvalue weighted by Crippen LogP contribution is 2.06. The van der Waals surface area contributed by atoms with Crippen LogP contribution in [0.3, 0.4) is 0 Å². The molecule has 1 atom stereocenters. The van der Waals surface area contributed by atoms with Crippen LogP contribution in [0.1, 0.15) is 23.3 Å². The van der Waals surface area contributed by atoms with Crippen molar-refractivity contribution in [2.75, 3.05) is 0 Å². The van der Waals surface area contributed by atoms with Gasteiger partial charge in [0.25, 0.3) is 5.91 Å². The summed E-state index contributed by atoms with van der Waals surface area (Å²) in [4.78, 5) is 32.3. The van der Waals surface area contributed by atoms with E-state index in [1.165, 1.54) is 13.1 Å². The van der Waals surface area contributed by atoms with Crippen LogP contribution in [0.4, 0.5) is 4.79 Å². The number of aromatic nitrogens is 2. The number of nitrogens with two attached hydrogens (primary N) is 1. The van der Waals surface area contributed by atoms with Crippen molar-refractivity contribution in [2.24, 2.45) is 5.73 Å². The Labute approximate surface area is 90.0 Å². The molecule has 0 saturated heterocycles. The summed E-state index contributed by atoms with van der Waals surface area (Å²) in [6, 6.07) is -1.79. The molecule has 0 aliphatic carbocycles. The van der Waals surface area contributed by atoms with E-state index in [4.69, 9.17) is 10.8 Å². The van der Waals surface area contributed by atoms with E-state index in [-0.39, 0.29) is 5.56 Å². The van der Waals surface area contributed by atoms with Crippen LogP contribution < -0.4 is 11.1 Å². The molecule has 0 aliphatic rings. The van der Waals surface area contributed by atoms with Gasteiger partial charge in [0, 0.05) is 6.20 Å². The van der Waals surface area contributed by atoms with E-state index in [0.29, 0.717) is 0 Å². The molecular weight excluding hydrogens is 216 g/mol. The van der Waals surface area contributed by atoms with E-state index >= 15 is 0 Å². The number of aromatic carboxylic acids is 1. The lowest BCUT2D eigenvalue weighted by Gasteiger charge is -2.09. The summed E-state index contributed by atoms with van der Waals surface area (Å²) in [6.07, 6.45) is 2.30. The first-order chi connectivity index (χ1) is 7.41. The summed E-state index contributed by atoms with van der Waals surface area (Å²) >= 11 is 0. The summed E-state index contributed by atoms with van der Waals surface area (Å²) in [5.41, 5.74) is 4.73. The summed E-state index contributed by atoms with van der Waals surface area (Å²) in [5, 5.41) is 14.2. The van der Waals surface area contributed by atoms with Gasteiger partial charge >= 0.3 is 12.0 Å². The van der Waals surface area contributed by atoms with E-state index < -0.39 is 23.9 Å². The maximum atomic E-state index is 11.3. The maximum Gasteiger partial charge on any atom is 0.338 e. The third-order valence-electron chi connectivity index (χ3n) is 1.87. The molecular formula is C8H10N4O4. The van der Waals surface area contributed by atoms with Gasteiger partial charge in [0.05, 0.1) is 11.8 Å². The van der Waals surface area contributed by atoms with Gasteiger partial charge in [-0.25, -0.2) is 9.59 Å². The number of hydrogen-bond donors (Lipinski definition) is 3. The lowest BCUT2D eigenvalue weighted by Crippen LogP contribution is -2.39. The largest absolute Gasteiger partial charge is 0.478 e. The summed E-state index contributed by atoms with van der Waals surface area (Å²) in [7, 11) is 0. The first kappa shape index (κ1) is 11.7. The van der Waals surface area contributed by atoms with E-state index in [1.807, 2.05) is 5.32 Å². The van der Waals surface area contributed by atoms with Gasteiger partial charge in [-0.05, 0) is 6.92 Å². The molecule has 1 heterocycles. The van der Waals surface area contributed by atoms with Crippen LogP contribution in [-0.4, -0.2) is 32.8 Å². The predicted octanol–water partition coefficient (Wildman–Crippen LogP) is -0.663. The molecule has 16 heavy (non-hydrogen) atoms. The van der Waals surface area contributed by atoms with Gasteiger partial charge in [0.1, 0.15) is 6.04 Å². The molecule has 1 unspecified atom stereocenters. The van der Waals surface area contributed by atoms with Crippen molar-refractivity contribution in [3.8, 4) is 0 Å². The molecule has 0 aliphatic heterocycles. The minimum atomic E-state index is -1.14. The van der Waals surface area contributed by atoms with Crippen LogP contribution >= 0.6 is 0 Å². The highest BCUT2D eigenvalue weighted by atomic mass is 16.4. The molecule has 0 spiro atoms. The Kier molecular flexibility index (Phi) is 3.24. The Balaban J connectivity index is 2.79. The number of carboxylic acids is 1. The highest BCUT2D eigenvalue weighted by molar-refractivity contribution is 5.95. The number of carbonyl (C=O) groups is 3.